The predicted molar refractivity (Wildman–Crippen MR) is 113 cm³/mol. The van der Waals surface area contributed by atoms with Gasteiger partial charge in [-0.2, -0.15) is 18.3 Å². The summed E-state index contributed by atoms with van der Waals surface area (Å²) in [5, 5.41) is 14.0. The van der Waals surface area contributed by atoms with E-state index in [1.165, 1.54) is 17.9 Å². The van der Waals surface area contributed by atoms with Gasteiger partial charge in [0.15, 0.2) is 27.2 Å². The number of hydrogen-bond donors (Lipinski definition) is 1. The van der Waals surface area contributed by atoms with Crippen LogP contribution >= 0.6 is 0 Å². The van der Waals surface area contributed by atoms with E-state index < -0.39 is 50.1 Å². The highest BCUT2D eigenvalue weighted by atomic mass is 32.2. The van der Waals surface area contributed by atoms with Crippen molar-refractivity contribution in [2.75, 3.05) is 23.0 Å². The normalized spacial score (nSPS) is 19.5. The summed E-state index contributed by atoms with van der Waals surface area (Å²) in [6, 6.07) is 1.90. The fourth-order valence-electron chi connectivity index (χ4n) is 4.87. The summed E-state index contributed by atoms with van der Waals surface area (Å²) in [5.41, 5.74) is -2.92. The number of sulfone groups is 1. The molecule has 0 bridgehead atoms. The van der Waals surface area contributed by atoms with Crippen molar-refractivity contribution < 1.29 is 35.5 Å². The van der Waals surface area contributed by atoms with Gasteiger partial charge in [-0.05, 0) is 25.3 Å². The van der Waals surface area contributed by atoms with Crippen LogP contribution in [0.2, 0.25) is 0 Å². The molecule has 0 unspecified atom stereocenters. The highest BCUT2D eigenvalue weighted by Crippen LogP contribution is 2.45. The van der Waals surface area contributed by atoms with Gasteiger partial charge < -0.3 is 10.0 Å². The first-order chi connectivity index (χ1) is 15.8. The molecule has 1 saturated heterocycles. The second-order valence-corrected chi connectivity index (χ2v) is 11.0. The molecule has 5 rings (SSSR count). The standard InChI is InChI=1S/C21H19F5N4O3S/c1-29-14-8-15(30-5-6-34(32,33)10-20(30)3-2-4-20)27-9-12(14)18(28-29)11-7-13(21(24,25)26)17(23)19(31)16(11)22/h7-9,31H,2-6,10H2,1H3. The van der Waals surface area contributed by atoms with Crippen LogP contribution in [0.5, 0.6) is 5.75 Å². The van der Waals surface area contributed by atoms with Crippen LogP contribution in [-0.2, 0) is 23.1 Å². The first kappa shape index (κ1) is 22.8. The molecule has 0 amide bonds. The molecule has 3 heterocycles. The van der Waals surface area contributed by atoms with Gasteiger partial charge in [0.05, 0.1) is 28.1 Å². The molecule has 0 radical (unpaired) electrons. The first-order valence-corrected chi connectivity index (χ1v) is 12.2. The van der Waals surface area contributed by atoms with E-state index in [9.17, 15) is 35.5 Å². The van der Waals surface area contributed by atoms with Crippen LogP contribution in [-0.4, -0.2) is 51.9 Å². The van der Waals surface area contributed by atoms with Crippen LogP contribution in [0, 0.1) is 11.6 Å². The van der Waals surface area contributed by atoms with Crippen LogP contribution in [0.15, 0.2) is 18.3 Å². The Morgan fingerprint density at radius 1 is 1.15 bits per heavy atom. The second-order valence-electron chi connectivity index (χ2n) is 8.80. The van der Waals surface area contributed by atoms with E-state index in [1.54, 1.807) is 6.07 Å². The molecule has 34 heavy (non-hydrogen) atoms. The molecule has 2 fully saturated rings. The summed E-state index contributed by atoms with van der Waals surface area (Å²) in [5.74, 6) is -4.92. The van der Waals surface area contributed by atoms with E-state index in [4.69, 9.17) is 0 Å². The van der Waals surface area contributed by atoms with Gasteiger partial charge in [0, 0.05) is 36.8 Å². The Hall–Kier alpha value is -2.96. The van der Waals surface area contributed by atoms with E-state index in [0.717, 1.165) is 6.42 Å². The quantitative estimate of drug-likeness (QED) is 0.537. The zero-order valence-electron chi connectivity index (χ0n) is 17.8. The zero-order chi connectivity index (χ0) is 24.6. The summed E-state index contributed by atoms with van der Waals surface area (Å²) in [6.07, 6.45) is -1.56. The fraction of sp³-hybridized carbons (Fsp3) is 0.429. The van der Waals surface area contributed by atoms with Gasteiger partial charge in [-0.15, -0.1) is 0 Å². The number of aromatic nitrogens is 3. The Balaban J connectivity index is 1.63. The minimum absolute atomic E-state index is 0.0224. The number of hydrogen-bond acceptors (Lipinski definition) is 6. The zero-order valence-corrected chi connectivity index (χ0v) is 18.6. The number of anilines is 1. The molecule has 2 aliphatic rings. The average molecular weight is 502 g/mol. The number of benzene rings is 1. The topological polar surface area (TPSA) is 88.3 Å². The molecule has 1 aliphatic heterocycles. The maximum absolute atomic E-state index is 14.7. The van der Waals surface area contributed by atoms with Gasteiger partial charge in [0.1, 0.15) is 11.5 Å². The molecule has 7 nitrogen and oxygen atoms in total. The largest absolute Gasteiger partial charge is 0.503 e. The molecule has 2 aromatic heterocycles. The van der Waals surface area contributed by atoms with Crippen LogP contribution < -0.4 is 4.90 Å². The number of halogens is 5. The van der Waals surface area contributed by atoms with Crippen molar-refractivity contribution in [1.29, 1.82) is 0 Å². The third kappa shape index (κ3) is 3.39. The van der Waals surface area contributed by atoms with Crippen molar-refractivity contribution >= 4 is 26.6 Å². The molecular weight excluding hydrogens is 483 g/mol. The van der Waals surface area contributed by atoms with Crippen molar-refractivity contribution in [2.45, 2.75) is 31.0 Å². The average Bonchev–Trinajstić information content (AvgIpc) is 3.05. The van der Waals surface area contributed by atoms with Gasteiger partial charge in [0.25, 0.3) is 0 Å². The van der Waals surface area contributed by atoms with Crippen LogP contribution in [0.4, 0.5) is 27.8 Å². The van der Waals surface area contributed by atoms with E-state index in [0.29, 0.717) is 24.2 Å². The summed E-state index contributed by atoms with van der Waals surface area (Å²) in [7, 11) is -1.68. The summed E-state index contributed by atoms with van der Waals surface area (Å²) < 4.78 is 94.0. The monoisotopic (exact) mass is 502 g/mol. The molecule has 0 atom stereocenters. The summed E-state index contributed by atoms with van der Waals surface area (Å²) in [6.45, 7) is 0.251. The van der Waals surface area contributed by atoms with Gasteiger partial charge in [-0.1, -0.05) is 0 Å². The van der Waals surface area contributed by atoms with E-state index in [1.807, 2.05) is 4.90 Å². The van der Waals surface area contributed by atoms with Crippen LogP contribution in [0.1, 0.15) is 24.8 Å². The summed E-state index contributed by atoms with van der Waals surface area (Å²) in [4.78, 5) is 6.33. The van der Waals surface area contributed by atoms with Crippen molar-refractivity contribution in [3.05, 3.63) is 35.5 Å². The van der Waals surface area contributed by atoms with Crippen molar-refractivity contribution in [1.82, 2.24) is 14.8 Å². The Labute approximate surface area is 190 Å². The van der Waals surface area contributed by atoms with E-state index in [-0.39, 0.29) is 35.2 Å². The lowest BCUT2D eigenvalue weighted by Crippen LogP contribution is -2.63. The molecule has 1 aliphatic carbocycles. The lowest BCUT2D eigenvalue weighted by atomic mass is 9.76. The summed E-state index contributed by atoms with van der Waals surface area (Å²) >= 11 is 0. The molecule has 1 saturated carbocycles. The Kier molecular flexibility index (Phi) is 4.88. The fourth-order valence-corrected chi connectivity index (χ4v) is 6.74. The number of aryl methyl sites for hydroxylation is 1. The SMILES string of the molecule is Cn1nc(-c2cc(C(F)(F)F)c(F)c(O)c2F)c2cnc(N3CCS(=O)(=O)CC34CCC4)cc21. The maximum atomic E-state index is 14.7. The third-order valence-electron chi connectivity index (χ3n) is 6.71. The molecule has 1 N–H and O–H groups in total. The van der Waals surface area contributed by atoms with E-state index in [2.05, 4.69) is 10.1 Å². The van der Waals surface area contributed by atoms with Gasteiger partial charge in [-0.3, -0.25) is 4.68 Å². The van der Waals surface area contributed by atoms with Crippen LogP contribution in [0.25, 0.3) is 22.2 Å². The lowest BCUT2D eigenvalue weighted by Gasteiger charge is -2.53. The number of nitrogens with zero attached hydrogens (tertiary/aromatic N) is 4. The highest BCUT2D eigenvalue weighted by molar-refractivity contribution is 7.91. The lowest BCUT2D eigenvalue weighted by molar-refractivity contribution is -0.140. The Morgan fingerprint density at radius 3 is 2.47 bits per heavy atom. The molecule has 1 spiro atoms. The van der Waals surface area contributed by atoms with Gasteiger partial charge in [-0.25, -0.2) is 22.2 Å². The third-order valence-corrected chi connectivity index (χ3v) is 8.49. The number of aromatic hydroxyl groups is 1. The minimum Gasteiger partial charge on any atom is -0.503 e. The number of phenols is 1. The van der Waals surface area contributed by atoms with Crippen LogP contribution in [0.3, 0.4) is 0 Å². The second kappa shape index (κ2) is 7.27. The number of phenolic OH excluding ortho intramolecular Hbond substituents is 1. The van der Waals surface area contributed by atoms with Gasteiger partial charge in [0.2, 0.25) is 0 Å². The number of pyridine rings is 1. The van der Waals surface area contributed by atoms with Crippen molar-refractivity contribution in [2.24, 2.45) is 7.05 Å². The Bertz CT molecular complexity index is 1430. The molecular formula is C21H19F5N4O3S. The number of rotatable bonds is 2. The highest BCUT2D eigenvalue weighted by Gasteiger charge is 2.49. The van der Waals surface area contributed by atoms with Gasteiger partial charge >= 0.3 is 6.18 Å². The smallest absolute Gasteiger partial charge is 0.419 e. The minimum atomic E-state index is -5.16. The molecule has 1 aromatic carbocycles. The van der Waals surface area contributed by atoms with E-state index >= 15 is 0 Å². The molecule has 3 aromatic rings. The number of fused-ring (bicyclic) bond motifs is 1. The van der Waals surface area contributed by atoms with Crippen molar-refractivity contribution in [3.8, 4) is 17.0 Å². The Morgan fingerprint density at radius 2 is 1.85 bits per heavy atom. The maximum Gasteiger partial charge on any atom is 0.419 e. The molecule has 182 valence electrons. The number of alkyl halides is 3. The van der Waals surface area contributed by atoms with Crippen molar-refractivity contribution in [3.63, 3.8) is 0 Å². The predicted octanol–water partition coefficient (Wildman–Crippen LogP) is 3.80. The first-order valence-electron chi connectivity index (χ1n) is 10.4. The molecule has 13 heteroatoms.